The van der Waals surface area contributed by atoms with Crippen molar-refractivity contribution in [3.63, 3.8) is 0 Å². The number of anilines is 1. The van der Waals surface area contributed by atoms with Gasteiger partial charge in [0.25, 0.3) is 0 Å². The summed E-state index contributed by atoms with van der Waals surface area (Å²) in [5.41, 5.74) is 2.45. The Bertz CT molecular complexity index is 314. The molecule has 1 aromatic rings. The van der Waals surface area contributed by atoms with Crippen LogP contribution in [0.4, 0.5) is 5.69 Å². The molecule has 0 fully saturated rings. The predicted octanol–water partition coefficient (Wildman–Crippen LogP) is 2.95. The molecule has 13 heavy (non-hydrogen) atoms. The van der Waals surface area contributed by atoms with E-state index in [9.17, 15) is 0 Å². The molecule has 0 spiro atoms. The van der Waals surface area contributed by atoms with Crippen LogP contribution >= 0.6 is 15.9 Å². The van der Waals surface area contributed by atoms with Crippen LogP contribution in [-0.2, 0) is 4.74 Å². The molecule has 2 nitrogen and oxygen atoms in total. The topological polar surface area (TPSA) is 21.3 Å². The normalized spacial score (nSPS) is 20.6. The van der Waals surface area contributed by atoms with Crippen molar-refractivity contribution < 1.29 is 4.74 Å². The Morgan fingerprint density at radius 3 is 3.15 bits per heavy atom. The van der Waals surface area contributed by atoms with Gasteiger partial charge < -0.3 is 10.1 Å². The highest BCUT2D eigenvalue weighted by molar-refractivity contribution is 9.10. The first kappa shape index (κ1) is 9.03. The molecule has 0 aliphatic carbocycles. The van der Waals surface area contributed by atoms with Crippen LogP contribution in [0, 0.1) is 0 Å². The van der Waals surface area contributed by atoms with E-state index < -0.39 is 0 Å². The minimum Gasteiger partial charge on any atom is -0.385 e. The second-order valence-electron chi connectivity index (χ2n) is 3.17. The number of hydrogen-bond donors (Lipinski definition) is 1. The van der Waals surface area contributed by atoms with Gasteiger partial charge in [-0.3, -0.25) is 0 Å². The fraction of sp³-hybridized carbons (Fsp3) is 0.400. The zero-order chi connectivity index (χ0) is 9.26. The molecule has 1 aliphatic rings. The minimum atomic E-state index is 0.254. The molecule has 0 amide bonds. The molecule has 3 heteroatoms. The molecule has 0 bridgehead atoms. The highest BCUT2D eigenvalue weighted by Gasteiger charge is 2.18. The molecular formula is C10H12BrNO. The summed E-state index contributed by atoms with van der Waals surface area (Å²) in [5, 5.41) is 3.36. The molecule has 1 atom stereocenters. The zero-order valence-electron chi connectivity index (χ0n) is 7.51. The number of fused-ring (bicyclic) bond motifs is 1. The maximum absolute atomic E-state index is 5.40. The van der Waals surface area contributed by atoms with Gasteiger partial charge in [-0.15, -0.1) is 0 Å². The molecule has 70 valence electrons. The third-order valence-electron chi connectivity index (χ3n) is 2.37. The molecule has 1 heterocycles. The SMILES string of the molecule is COC1CCNc2cc(Br)ccc21. The van der Waals surface area contributed by atoms with Crippen molar-refractivity contribution in [1.82, 2.24) is 0 Å². The largest absolute Gasteiger partial charge is 0.385 e. The average molecular weight is 242 g/mol. The number of methoxy groups -OCH3 is 1. The van der Waals surface area contributed by atoms with Crippen LogP contribution in [0.15, 0.2) is 22.7 Å². The Labute approximate surface area is 86.4 Å². The first-order chi connectivity index (χ1) is 6.31. The van der Waals surface area contributed by atoms with E-state index in [0.717, 1.165) is 17.4 Å². The lowest BCUT2D eigenvalue weighted by atomic mass is 10.0. The molecule has 1 unspecified atom stereocenters. The van der Waals surface area contributed by atoms with Crippen molar-refractivity contribution in [2.75, 3.05) is 19.0 Å². The van der Waals surface area contributed by atoms with E-state index in [1.165, 1.54) is 11.3 Å². The summed E-state index contributed by atoms with van der Waals surface area (Å²) in [5.74, 6) is 0. The van der Waals surface area contributed by atoms with Crippen LogP contribution in [0.2, 0.25) is 0 Å². The molecule has 2 rings (SSSR count). The van der Waals surface area contributed by atoms with E-state index in [1.807, 2.05) is 0 Å². The van der Waals surface area contributed by atoms with Gasteiger partial charge in [-0.1, -0.05) is 22.0 Å². The molecule has 0 saturated carbocycles. The van der Waals surface area contributed by atoms with Gasteiger partial charge in [0, 0.05) is 29.4 Å². The first-order valence-corrected chi connectivity index (χ1v) is 5.16. The summed E-state index contributed by atoms with van der Waals surface area (Å²) < 4.78 is 6.51. The van der Waals surface area contributed by atoms with Gasteiger partial charge in [-0.25, -0.2) is 0 Å². The van der Waals surface area contributed by atoms with Crippen LogP contribution < -0.4 is 5.32 Å². The lowest BCUT2D eigenvalue weighted by Gasteiger charge is -2.25. The number of benzene rings is 1. The summed E-state index contributed by atoms with van der Waals surface area (Å²) in [7, 11) is 1.77. The Hall–Kier alpha value is -0.540. The highest BCUT2D eigenvalue weighted by atomic mass is 79.9. The molecule has 0 saturated heterocycles. The Balaban J connectivity index is 2.40. The highest BCUT2D eigenvalue weighted by Crippen LogP contribution is 2.33. The number of nitrogens with one attached hydrogen (secondary N) is 1. The maximum atomic E-state index is 5.40. The maximum Gasteiger partial charge on any atom is 0.0857 e. The number of halogens is 1. The standard InChI is InChI=1S/C10H12BrNO/c1-13-10-4-5-12-9-6-7(11)2-3-8(9)10/h2-3,6,10,12H,4-5H2,1H3. The summed E-state index contributed by atoms with van der Waals surface area (Å²) in [4.78, 5) is 0. The van der Waals surface area contributed by atoms with E-state index in [4.69, 9.17) is 4.74 Å². The van der Waals surface area contributed by atoms with Crippen LogP contribution in [-0.4, -0.2) is 13.7 Å². The van der Waals surface area contributed by atoms with Crippen LogP contribution in [0.25, 0.3) is 0 Å². The van der Waals surface area contributed by atoms with Crippen LogP contribution in [0.5, 0.6) is 0 Å². The monoisotopic (exact) mass is 241 g/mol. The lowest BCUT2D eigenvalue weighted by Crippen LogP contribution is -2.17. The molecule has 1 N–H and O–H groups in total. The quantitative estimate of drug-likeness (QED) is 0.817. The second kappa shape index (κ2) is 3.68. The average Bonchev–Trinajstić information content (AvgIpc) is 2.16. The third-order valence-corrected chi connectivity index (χ3v) is 2.86. The second-order valence-corrected chi connectivity index (χ2v) is 4.09. The Morgan fingerprint density at radius 2 is 2.38 bits per heavy atom. The first-order valence-electron chi connectivity index (χ1n) is 4.37. The fourth-order valence-electron chi connectivity index (χ4n) is 1.70. The fourth-order valence-corrected chi connectivity index (χ4v) is 2.06. The van der Waals surface area contributed by atoms with Gasteiger partial charge in [0.1, 0.15) is 0 Å². The summed E-state index contributed by atoms with van der Waals surface area (Å²) in [6.45, 7) is 0.988. The Morgan fingerprint density at radius 1 is 1.54 bits per heavy atom. The zero-order valence-corrected chi connectivity index (χ0v) is 9.10. The van der Waals surface area contributed by atoms with Gasteiger partial charge >= 0.3 is 0 Å². The number of ether oxygens (including phenoxy) is 1. The van der Waals surface area contributed by atoms with Gasteiger partial charge in [-0.2, -0.15) is 0 Å². The van der Waals surface area contributed by atoms with E-state index in [-0.39, 0.29) is 6.10 Å². The molecule has 1 aliphatic heterocycles. The van der Waals surface area contributed by atoms with Gasteiger partial charge in [0.05, 0.1) is 6.10 Å². The summed E-state index contributed by atoms with van der Waals surface area (Å²) in [6, 6.07) is 6.26. The van der Waals surface area contributed by atoms with Crippen molar-refractivity contribution in [2.45, 2.75) is 12.5 Å². The van der Waals surface area contributed by atoms with E-state index >= 15 is 0 Å². The van der Waals surface area contributed by atoms with Gasteiger partial charge in [-0.05, 0) is 18.6 Å². The van der Waals surface area contributed by atoms with Crippen molar-refractivity contribution in [2.24, 2.45) is 0 Å². The van der Waals surface area contributed by atoms with E-state index in [2.05, 4.69) is 39.4 Å². The molecule has 1 aromatic carbocycles. The van der Waals surface area contributed by atoms with Crippen LogP contribution in [0.3, 0.4) is 0 Å². The lowest BCUT2D eigenvalue weighted by molar-refractivity contribution is 0.0965. The molecule has 0 aromatic heterocycles. The molecular weight excluding hydrogens is 230 g/mol. The van der Waals surface area contributed by atoms with Gasteiger partial charge in [0.15, 0.2) is 0 Å². The third kappa shape index (κ3) is 1.71. The van der Waals surface area contributed by atoms with Crippen molar-refractivity contribution in [3.8, 4) is 0 Å². The number of hydrogen-bond acceptors (Lipinski definition) is 2. The van der Waals surface area contributed by atoms with Crippen molar-refractivity contribution in [1.29, 1.82) is 0 Å². The Kier molecular flexibility index (Phi) is 2.56. The predicted molar refractivity (Wildman–Crippen MR) is 57.0 cm³/mol. The van der Waals surface area contributed by atoms with E-state index in [1.54, 1.807) is 7.11 Å². The smallest absolute Gasteiger partial charge is 0.0857 e. The van der Waals surface area contributed by atoms with Crippen molar-refractivity contribution >= 4 is 21.6 Å². The number of rotatable bonds is 1. The van der Waals surface area contributed by atoms with Crippen molar-refractivity contribution in [3.05, 3.63) is 28.2 Å². The summed E-state index contributed by atoms with van der Waals surface area (Å²) in [6.07, 6.45) is 1.30. The molecule has 0 radical (unpaired) electrons. The summed E-state index contributed by atoms with van der Waals surface area (Å²) >= 11 is 3.45. The van der Waals surface area contributed by atoms with Gasteiger partial charge in [0.2, 0.25) is 0 Å². The van der Waals surface area contributed by atoms with E-state index in [0.29, 0.717) is 0 Å². The minimum absolute atomic E-state index is 0.254. The van der Waals surface area contributed by atoms with Crippen LogP contribution in [0.1, 0.15) is 18.1 Å².